The Morgan fingerprint density at radius 2 is 2.04 bits per heavy atom. The van der Waals surface area contributed by atoms with Gasteiger partial charge in [-0.25, -0.2) is 13.4 Å². The van der Waals surface area contributed by atoms with Gasteiger partial charge in [-0.2, -0.15) is 4.31 Å². The first-order chi connectivity index (χ1) is 12.9. The second-order valence-corrected chi connectivity index (χ2v) is 8.97. The molecule has 0 fully saturated rings. The predicted molar refractivity (Wildman–Crippen MR) is 102 cm³/mol. The van der Waals surface area contributed by atoms with Crippen molar-refractivity contribution in [2.45, 2.75) is 38.9 Å². The minimum atomic E-state index is -3.58. The number of imidazole rings is 1. The highest BCUT2D eigenvalue weighted by Gasteiger charge is 2.40. The van der Waals surface area contributed by atoms with Crippen molar-refractivity contribution in [3.05, 3.63) is 52.6 Å². The molecule has 0 unspecified atom stereocenters. The van der Waals surface area contributed by atoms with Gasteiger partial charge in [0.05, 0.1) is 37.1 Å². The third-order valence-electron chi connectivity index (χ3n) is 4.63. The molecular formula is C18H22ClN3O4S. The lowest BCUT2D eigenvalue weighted by molar-refractivity contribution is -0.145. The normalized spacial score (nSPS) is 17.5. The topological polar surface area (TPSA) is 81.5 Å². The molecule has 0 amide bonds. The third-order valence-corrected chi connectivity index (χ3v) is 6.91. The number of carbonyl (C=O) groups is 1. The molecule has 3 rings (SSSR count). The molecule has 0 spiro atoms. The van der Waals surface area contributed by atoms with Crippen LogP contribution in [-0.2, 0) is 39.1 Å². The van der Waals surface area contributed by atoms with Crippen LogP contribution in [0.25, 0.3) is 0 Å². The van der Waals surface area contributed by atoms with Crippen molar-refractivity contribution in [1.29, 1.82) is 0 Å². The van der Waals surface area contributed by atoms with Gasteiger partial charge < -0.3 is 9.30 Å². The standard InChI is InChI=1S/C18H22ClN3O4S/c1-3-8-27(24,25)22-11-17-15(9-16(22)18(23)26-2)20-12-21(17)10-13-4-6-14(19)7-5-13/h4-7,12,16H,3,8-11H2,1-2H3/t16-/m0/s1. The Kier molecular flexibility index (Phi) is 5.88. The van der Waals surface area contributed by atoms with Crippen LogP contribution in [0.2, 0.25) is 5.02 Å². The Morgan fingerprint density at radius 3 is 2.67 bits per heavy atom. The summed E-state index contributed by atoms with van der Waals surface area (Å²) in [4.78, 5) is 16.6. The maximum atomic E-state index is 12.7. The van der Waals surface area contributed by atoms with Crippen molar-refractivity contribution in [1.82, 2.24) is 13.9 Å². The monoisotopic (exact) mass is 411 g/mol. The first-order valence-corrected chi connectivity index (χ1v) is 10.7. The van der Waals surface area contributed by atoms with E-state index in [1.54, 1.807) is 13.3 Å². The fourth-order valence-electron chi connectivity index (χ4n) is 3.27. The maximum absolute atomic E-state index is 12.7. The van der Waals surface area contributed by atoms with Crippen LogP contribution in [0.5, 0.6) is 0 Å². The molecule has 0 saturated carbocycles. The second kappa shape index (κ2) is 8.00. The van der Waals surface area contributed by atoms with Gasteiger partial charge in [-0.1, -0.05) is 30.7 Å². The Balaban J connectivity index is 1.93. The van der Waals surface area contributed by atoms with E-state index >= 15 is 0 Å². The number of benzene rings is 1. The second-order valence-electron chi connectivity index (χ2n) is 6.50. The van der Waals surface area contributed by atoms with Gasteiger partial charge in [-0.3, -0.25) is 4.79 Å². The molecule has 1 aliphatic heterocycles. The van der Waals surface area contributed by atoms with Crippen molar-refractivity contribution in [3.63, 3.8) is 0 Å². The van der Waals surface area contributed by atoms with Crippen LogP contribution in [0.15, 0.2) is 30.6 Å². The van der Waals surface area contributed by atoms with E-state index in [0.717, 1.165) is 17.0 Å². The zero-order chi connectivity index (χ0) is 19.6. The number of rotatable bonds is 6. The smallest absolute Gasteiger partial charge is 0.324 e. The van der Waals surface area contributed by atoms with E-state index in [4.69, 9.17) is 16.3 Å². The van der Waals surface area contributed by atoms with Gasteiger partial charge in [0.1, 0.15) is 6.04 Å². The number of hydrogen-bond acceptors (Lipinski definition) is 5. The summed E-state index contributed by atoms with van der Waals surface area (Å²) in [6.45, 7) is 2.44. The summed E-state index contributed by atoms with van der Waals surface area (Å²) in [7, 11) is -2.31. The summed E-state index contributed by atoms with van der Waals surface area (Å²) in [5.41, 5.74) is 2.55. The van der Waals surface area contributed by atoms with E-state index in [9.17, 15) is 13.2 Å². The highest BCUT2D eigenvalue weighted by atomic mass is 35.5. The van der Waals surface area contributed by atoms with Crippen molar-refractivity contribution in [2.24, 2.45) is 0 Å². The Hall–Kier alpha value is -1.90. The number of hydrogen-bond donors (Lipinski definition) is 0. The van der Waals surface area contributed by atoms with Crippen molar-refractivity contribution >= 4 is 27.6 Å². The molecule has 0 N–H and O–H groups in total. The van der Waals surface area contributed by atoms with E-state index < -0.39 is 22.0 Å². The fraction of sp³-hybridized carbons (Fsp3) is 0.444. The molecule has 7 nitrogen and oxygen atoms in total. The van der Waals surface area contributed by atoms with Gasteiger partial charge >= 0.3 is 5.97 Å². The predicted octanol–water partition coefficient (Wildman–Crippen LogP) is 2.22. The first kappa shape index (κ1) is 19.9. The van der Waals surface area contributed by atoms with E-state index in [1.165, 1.54) is 11.4 Å². The van der Waals surface area contributed by atoms with Gasteiger partial charge in [0, 0.05) is 18.0 Å². The number of methoxy groups -OCH3 is 1. The molecule has 0 radical (unpaired) electrons. The molecular weight excluding hydrogens is 390 g/mol. The van der Waals surface area contributed by atoms with Crippen LogP contribution in [-0.4, -0.2) is 47.1 Å². The largest absolute Gasteiger partial charge is 0.468 e. The average Bonchev–Trinajstić information content (AvgIpc) is 3.04. The number of aromatic nitrogens is 2. The molecule has 0 saturated heterocycles. The fourth-order valence-corrected chi connectivity index (χ4v) is 5.02. The van der Waals surface area contributed by atoms with Gasteiger partial charge in [0.25, 0.3) is 0 Å². The van der Waals surface area contributed by atoms with E-state index in [1.807, 2.05) is 28.8 Å². The van der Waals surface area contributed by atoms with Crippen molar-refractivity contribution in [3.8, 4) is 0 Å². The lowest BCUT2D eigenvalue weighted by Gasteiger charge is -2.33. The number of carbonyl (C=O) groups excluding carboxylic acids is 1. The van der Waals surface area contributed by atoms with Crippen LogP contribution in [0, 0.1) is 0 Å². The number of ether oxygens (including phenoxy) is 1. The summed E-state index contributed by atoms with van der Waals surface area (Å²) in [5.74, 6) is -0.575. The molecule has 1 aromatic heterocycles. The number of esters is 1. The molecule has 0 bridgehead atoms. The maximum Gasteiger partial charge on any atom is 0.324 e. The average molecular weight is 412 g/mol. The summed E-state index contributed by atoms with van der Waals surface area (Å²) in [6.07, 6.45) is 2.37. The summed E-state index contributed by atoms with van der Waals surface area (Å²) >= 11 is 5.93. The minimum absolute atomic E-state index is 0.0127. The van der Waals surface area contributed by atoms with Crippen LogP contribution >= 0.6 is 11.6 Å². The summed E-state index contributed by atoms with van der Waals surface area (Å²) in [6, 6.07) is 6.58. The molecule has 0 aliphatic carbocycles. The number of nitrogens with zero attached hydrogens (tertiary/aromatic N) is 3. The Labute approximate surface area is 164 Å². The molecule has 1 aromatic carbocycles. The zero-order valence-corrected chi connectivity index (χ0v) is 16.8. The van der Waals surface area contributed by atoms with Crippen LogP contribution in [0.4, 0.5) is 0 Å². The molecule has 27 heavy (non-hydrogen) atoms. The third kappa shape index (κ3) is 4.17. The Bertz CT molecular complexity index is 925. The van der Waals surface area contributed by atoms with Crippen molar-refractivity contribution < 1.29 is 17.9 Å². The number of fused-ring (bicyclic) bond motifs is 1. The Morgan fingerprint density at radius 1 is 1.33 bits per heavy atom. The summed E-state index contributed by atoms with van der Waals surface area (Å²) in [5, 5.41) is 0.657. The van der Waals surface area contributed by atoms with E-state index in [-0.39, 0.29) is 18.7 Å². The van der Waals surface area contributed by atoms with Gasteiger partial charge in [-0.15, -0.1) is 0 Å². The molecule has 9 heteroatoms. The van der Waals surface area contributed by atoms with E-state index in [0.29, 0.717) is 18.0 Å². The minimum Gasteiger partial charge on any atom is -0.468 e. The molecule has 2 heterocycles. The lowest BCUT2D eigenvalue weighted by atomic mass is 10.1. The number of halogens is 1. The quantitative estimate of drug-likeness (QED) is 0.681. The van der Waals surface area contributed by atoms with Crippen molar-refractivity contribution in [2.75, 3.05) is 12.9 Å². The molecule has 2 aromatic rings. The molecule has 1 atom stereocenters. The zero-order valence-electron chi connectivity index (χ0n) is 15.3. The first-order valence-electron chi connectivity index (χ1n) is 8.70. The van der Waals surface area contributed by atoms with Gasteiger partial charge in [-0.05, 0) is 24.1 Å². The van der Waals surface area contributed by atoms with Crippen LogP contribution in [0.1, 0.15) is 30.3 Å². The van der Waals surface area contributed by atoms with E-state index in [2.05, 4.69) is 4.98 Å². The molecule has 1 aliphatic rings. The lowest BCUT2D eigenvalue weighted by Crippen LogP contribution is -2.50. The highest BCUT2D eigenvalue weighted by Crippen LogP contribution is 2.27. The summed E-state index contributed by atoms with van der Waals surface area (Å²) < 4.78 is 33.5. The SMILES string of the molecule is CCCS(=O)(=O)N1Cc2c(ncn2Cc2ccc(Cl)cc2)C[C@H]1C(=O)OC. The van der Waals surface area contributed by atoms with Crippen LogP contribution in [0.3, 0.4) is 0 Å². The highest BCUT2D eigenvalue weighted by molar-refractivity contribution is 7.89. The number of sulfonamides is 1. The molecule has 146 valence electrons. The van der Waals surface area contributed by atoms with Gasteiger partial charge in [0.2, 0.25) is 10.0 Å². The van der Waals surface area contributed by atoms with Gasteiger partial charge in [0.15, 0.2) is 0 Å². The van der Waals surface area contributed by atoms with Crippen LogP contribution < -0.4 is 0 Å².